The third kappa shape index (κ3) is 4.89. The van der Waals surface area contributed by atoms with Gasteiger partial charge >= 0.3 is 9.28 Å². The second kappa shape index (κ2) is 6.86. The molecule has 4 atom stereocenters. The summed E-state index contributed by atoms with van der Waals surface area (Å²) in [5.41, 5.74) is 0.333. The van der Waals surface area contributed by atoms with Crippen molar-refractivity contribution in [3.8, 4) is 0 Å². The van der Waals surface area contributed by atoms with Gasteiger partial charge < -0.3 is 13.6 Å². The first-order valence-electron chi connectivity index (χ1n) is 7.50. The molecule has 0 radical (unpaired) electrons. The molecule has 1 saturated heterocycles. The van der Waals surface area contributed by atoms with E-state index in [2.05, 4.69) is 13.8 Å². The SMILES string of the molecule is CC(=O)O[SiH](OCCCC1CCC2OC2C1)C(C)C. The van der Waals surface area contributed by atoms with E-state index >= 15 is 0 Å². The highest BCUT2D eigenvalue weighted by Crippen LogP contribution is 2.40. The minimum atomic E-state index is -1.82. The predicted molar refractivity (Wildman–Crippen MR) is 75.2 cm³/mol. The Balaban J connectivity index is 1.57. The summed E-state index contributed by atoms with van der Waals surface area (Å²) in [7, 11) is -1.82. The maximum atomic E-state index is 11.0. The van der Waals surface area contributed by atoms with E-state index in [9.17, 15) is 4.79 Å². The van der Waals surface area contributed by atoms with E-state index in [0.717, 1.165) is 18.9 Å². The maximum Gasteiger partial charge on any atom is 0.387 e. The number of carbonyl (C=O) groups excluding carboxylic acids is 1. The second-order valence-corrected chi connectivity index (χ2v) is 8.77. The molecule has 0 aromatic heterocycles. The molecule has 1 aliphatic carbocycles. The molecule has 0 N–H and O–H groups in total. The Kier molecular flexibility index (Phi) is 5.42. The Labute approximate surface area is 117 Å². The molecular formula is C14H26O4Si. The van der Waals surface area contributed by atoms with Crippen molar-refractivity contribution in [2.45, 2.75) is 70.6 Å². The molecule has 1 aliphatic heterocycles. The van der Waals surface area contributed by atoms with Gasteiger partial charge in [0.05, 0.1) is 12.2 Å². The first-order valence-corrected chi connectivity index (χ1v) is 9.11. The lowest BCUT2D eigenvalue weighted by molar-refractivity contribution is -0.133. The van der Waals surface area contributed by atoms with E-state index in [1.54, 1.807) is 0 Å². The average Bonchev–Trinajstić information content (AvgIpc) is 3.10. The molecule has 2 rings (SSSR count). The van der Waals surface area contributed by atoms with Gasteiger partial charge in [-0.2, -0.15) is 0 Å². The van der Waals surface area contributed by atoms with Crippen molar-refractivity contribution < 1.29 is 18.4 Å². The number of epoxide rings is 1. The largest absolute Gasteiger partial charge is 0.497 e. The molecule has 110 valence electrons. The molecule has 0 spiro atoms. The molecule has 19 heavy (non-hydrogen) atoms. The average molecular weight is 286 g/mol. The molecule has 4 nitrogen and oxygen atoms in total. The molecule has 4 unspecified atom stereocenters. The van der Waals surface area contributed by atoms with Crippen LogP contribution in [0.5, 0.6) is 0 Å². The Morgan fingerprint density at radius 2 is 2.16 bits per heavy atom. The summed E-state index contributed by atoms with van der Waals surface area (Å²) >= 11 is 0. The van der Waals surface area contributed by atoms with Gasteiger partial charge in [-0.1, -0.05) is 13.8 Å². The monoisotopic (exact) mass is 286 g/mol. The smallest absolute Gasteiger partial charge is 0.387 e. The lowest BCUT2D eigenvalue weighted by atomic mass is 9.86. The van der Waals surface area contributed by atoms with Gasteiger partial charge in [-0.3, -0.25) is 4.79 Å². The van der Waals surface area contributed by atoms with Crippen LogP contribution in [-0.4, -0.2) is 34.1 Å². The molecule has 0 aromatic rings. The number of hydrogen-bond donors (Lipinski definition) is 0. The molecule has 1 saturated carbocycles. The van der Waals surface area contributed by atoms with E-state index in [0.29, 0.717) is 17.7 Å². The van der Waals surface area contributed by atoms with Crippen LogP contribution < -0.4 is 0 Å². The summed E-state index contributed by atoms with van der Waals surface area (Å²) in [4.78, 5) is 11.0. The molecular weight excluding hydrogens is 260 g/mol. The Morgan fingerprint density at radius 3 is 2.79 bits per heavy atom. The van der Waals surface area contributed by atoms with Crippen molar-refractivity contribution >= 4 is 15.3 Å². The van der Waals surface area contributed by atoms with Crippen molar-refractivity contribution in [1.29, 1.82) is 0 Å². The molecule has 2 fully saturated rings. The highest BCUT2D eigenvalue weighted by molar-refractivity contribution is 6.48. The number of ether oxygens (including phenoxy) is 1. The number of fused-ring (bicyclic) bond motifs is 1. The third-order valence-corrected chi connectivity index (χ3v) is 6.20. The Bertz CT molecular complexity index is 308. The van der Waals surface area contributed by atoms with Gasteiger partial charge in [0.1, 0.15) is 0 Å². The lowest BCUT2D eigenvalue weighted by Crippen LogP contribution is -2.29. The lowest BCUT2D eigenvalue weighted by Gasteiger charge is -2.21. The molecule has 2 aliphatic rings. The molecule has 0 amide bonds. The van der Waals surface area contributed by atoms with Gasteiger partial charge in [-0.25, -0.2) is 0 Å². The highest BCUT2D eigenvalue weighted by Gasteiger charge is 2.43. The number of rotatable bonds is 7. The van der Waals surface area contributed by atoms with Crippen LogP contribution in [0.3, 0.4) is 0 Å². The predicted octanol–water partition coefficient (Wildman–Crippen LogP) is 2.54. The highest BCUT2D eigenvalue weighted by atomic mass is 28.3. The van der Waals surface area contributed by atoms with Crippen molar-refractivity contribution in [2.75, 3.05) is 6.61 Å². The van der Waals surface area contributed by atoms with Crippen LogP contribution >= 0.6 is 0 Å². The molecule has 5 heteroatoms. The zero-order chi connectivity index (χ0) is 13.8. The van der Waals surface area contributed by atoms with Crippen molar-refractivity contribution in [1.82, 2.24) is 0 Å². The molecule has 1 heterocycles. The van der Waals surface area contributed by atoms with Crippen LogP contribution in [0.4, 0.5) is 0 Å². The van der Waals surface area contributed by atoms with Gasteiger partial charge in [0.15, 0.2) is 0 Å². The van der Waals surface area contributed by atoms with Crippen LogP contribution in [0.1, 0.15) is 52.9 Å². The molecule has 0 aromatic carbocycles. The molecule has 0 bridgehead atoms. The van der Waals surface area contributed by atoms with Crippen molar-refractivity contribution in [2.24, 2.45) is 5.92 Å². The summed E-state index contributed by atoms with van der Waals surface area (Å²) in [5, 5.41) is 0. The summed E-state index contributed by atoms with van der Waals surface area (Å²) < 4.78 is 16.6. The first-order chi connectivity index (χ1) is 9.06. The van der Waals surface area contributed by atoms with Gasteiger partial charge in [0.2, 0.25) is 0 Å². The standard InChI is InChI=1S/C14H26O4Si/c1-10(2)19(18-11(3)15)16-8-4-5-12-6-7-13-14(9-12)17-13/h10,12-14,19H,4-9H2,1-3H3. The first kappa shape index (κ1) is 15.0. The van der Waals surface area contributed by atoms with Gasteiger partial charge in [-0.15, -0.1) is 0 Å². The minimum absolute atomic E-state index is 0.213. The van der Waals surface area contributed by atoms with Crippen molar-refractivity contribution in [3.63, 3.8) is 0 Å². The number of carbonyl (C=O) groups is 1. The van der Waals surface area contributed by atoms with E-state index < -0.39 is 9.28 Å². The van der Waals surface area contributed by atoms with Crippen LogP contribution in [0.15, 0.2) is 0 Å². The van der Waals surface area contributed by atoms with Crippen LogP contribution in [0, 0.1) is 5.92 Å². The van der Waals surface area contributed by atoms with Gasteiger partial charge in [0, 0.05) is 19.1 Å². The van der Waals surface area contributed by atoms with Crippen molar-refractivity contribution in [3.05, 3.63) is 0 Å². The minimum Gasteiger partial charge on any atom is -0.497 e. The summed E-state index contributed by atoms with van der Waals surface area (Å²) in [6.07, 6.45) is 7.22. The quantitative estimate of drug-likeness (QED) is 0.410. The summed E-state index contributed by atoms with van der Waals surface area (Å²) in [5.74, 6) is 0.592. The summed E-state index contributed by atoms with van der Waals surface area (Å²) in [6, 6.07) is 0. The Hall–Kier alpha value is -0.393. The van der Waals surface area contributed by atoms with Gasteiger partial charge in [-0.05, 0) is 38.0 Å². The van der Waals surface area contributed by atoms with E-state index in [4.69, 9.17) is 13.6 Å². The zero-order valence-electron chi connectivity index (χ0n) is 12.3. The normalized spacial score (nSPS) is 30.8. The third-order valence-electron chi connectivity index (χ3n) is 3.98. The topological polar surface area (TPSA) is 48.1 Å². The fraction of sp³-hybridized carbons (Fsp3) is 0.929. The van der Waals surface area contributed by atoms with Gasteiger partial charge in [0.25, 0.3) is 5.97 Å². The summed E-state index contributed by atoms with van der Waals surface area (Å²) in [6.45, 7) is 6.31. The van der Waals surface area contributed by atoms with Crippen LogP contribution in [-0.2, 0) is 18.4 Å². The number of hydrogen-bond acceptors (Lipinski definition) is 4. The maximum absolute atomic E-state index is 11.0. The Morgan fingerprint density at radius 1 is 1.37 bits per heavy atom. The van der Waals surface area contributed by atoms with Crippen LogP contribution in [0.2, 0.25) is 5.54 Å². The fourth-order valence-corrected chi connectivity index (χ4v) is 4.30. The van der Waals surface area contributed by atoms with Crippen LogP contribution in [0.25, 0.3) is 0 Å². The van der Waals surface area contributed by atoms with E-state index in [-0.39, 0.29) is 5.97 Å². The van der Waals surface area contributed by atoms with E-state index in [1.165, 1.54) is 32.6 Å². The second-order valence-electron chi connectivity index (χ2n) is 6.13. The zero-order valence-corrected chi connectivity index (χ0v) is 13.4. The fourth-order valence-electron chi connectivity index (χ4n) is 2.85. The van der Waals surface area contributed by atoms with E-state index in [1.807, 2.05) is 0 Å².